The Kier molecular flexibility index (Phi) is 5.09. The third-order valence-corrected chi connectivity index (χ3v) is 5.33. The van der Waals surface area contributed by atoms with Crippen LogP contribution < -0.4 is 0 Å². The van der Waals surface area contributed by atoms with Crippen molar-refractivity contribution in [2.45, 2.75) is 32.4 Å². The predicted octanol–water partition coefficient (Wildman–Crippen LogP) is -0.253. The number of rotatable bonds is 6. The third kappa shape index (κ3) is 2.82. The van der Waals surface area contributed by atoms with Crippen LogP contribution in [0.5, 0.6) is 0 Å². The van der Waals surface area contributed by atoms with Gasteiger partial charge in [0.25, 0.3) is 10.2 Å². The highest BCUT2D eigenvalue weighted by molar-refractivity contribution is 7.86. The molecular weight excluding hydrogens is 260 g/mol. The van der Waals surface area contributed by atoms with Crippen LogP contribution in [-0.2, 0) is 19.7 Å². The molecule has 8 heteroatoms. The number of carboxylic acid groups (broad SMARTS) is 1. The summed E-state index contributed by atoms with van der Waals surface area (Å²) in [7, 11) is -2.28. The number of hydrogen-bond acceptors (Lipinski definition) is 4. The van der Waals surface area contributed by atoms with Gasteiger partial charge in [0.1, 0.15) is 6.04 Å². The topological polar surface area (TPSA) is 87.2 Å². The molecule has 18 heavy (non-hydrogen) atoms. The van der Waals surface area contributed by atoms with Gasteiger partial charge in [-0.25, -0.2) is 0 Å². The number of nitrogens with zero attached hydrogens (tertiary/aromatic N) is 2. The van der Waals surface area contributed by atoms with Crippen molar-refractivity contribution in [3.8, 4) is 0 Å². The van der Waals surface area contributed by atoms with Crippen molar-refractivity contribution < 1.29 is 23.1 Å². The average molecular weight is 280 g/mol. The monoisotopic (exact) mass is 280 g/mol. The predicted molar refractivity (Wildman–Crippen MR) is 65.4 cm³/mol. The normalized spacial score (nSPS) is 25.8. The van der Waals surface area contributed by atoms with Gasteiger partial charge in [0.05, 0.1) is 6.10 Å². The van der Waals surface area contributed by atoms with Crippen LogP contribution in [-0.4, -0.2) is 67.0 Å². The van der Waals surface area contributed by atoms with Crippen molar-refractivity contribution in [2.24, 2.45) is 0 Å². The molecule has 0 aromatic heterocycles. The fourth-order valence-electron chi connectivity index (χ4n) is 2.12. The molecule has 1 heterocycles. The minimum absolute atomic E-state index is 0.0896. The maximum Gasteiger partial charge on any atom is 0.322 e. The van der Waals surface area contributed by atoms with E-state index in [1.165, 1.54) is 11.4 Å². The second-order valence-electron chi connectivity index (χ2n) is 4.11. The first-order valence-electron chi connectivity index (χ1n) is 5.90. The minimum Gasteiger partial charge on any atom is -0.480 e. The Morgan fingerprint density at radius 2 is 2.00 bits per heavy atom. The molecule has 7 nitrogen and oxygen atoms in total. The number of hydrogen-bond donors (Lipinski definition) is 1. The van der Waals surface area contributed by atoms with Gasteiger partial charge in [-0.3, -0.25) is 4.79 Å². The van der Waals surface area contributed by atoms with Gasteiger partial charge >= 0.3 is 5.97 Å². The zero-order chi connectivity index (χ0) is 13.9. The van der Waals surface area contributed by atoms with Crippen LogP contribution in [0.15, 0.2) is 0 Å². The SMILES string of the molecule is CCN(CC)S(=O)(=O)N1CC(OC)CC1C(=O)O. The number of aliphatic carboxylic acids is 1. The van der Waals surface area contributed by atoms with Crippen molar-refractivity contribution in [3.63, 3.8) is 0 Å². The second kappa shape index (κ2) is 5.96. The summed E-state index contributed by atoms with van der Waals surface area (Å²) in [6.07, 6.45) is -0.178. The lowest BCUT2D eigenvalue weighted by atomic mass is 10.2. The maximum absolute atomic E-state index is 12.3. The Bertz CT molecular complexity index is 393. The summed E-state index contributed by atoms with van der Waals surface area (Å²) >= 11 is 0. The van der Waals surface area contributed by atoms with Gasteiger partial charge < -0.3 is 9.84 Å². The Balaban J connectivity index is 3.01. The van der Waals surface area contributed by atoms with Crippen LogP contribution in [0.3, 0.4) is 0 Å². The first-order valence-corrected chi connectivity index (χ1v) is 7.30. The van der Waals surface area contributed by atoms with Gasteiger partial charge in [-0.1, -0.05) is 13.8 Å². The van der Waals surface area contributed by atoms with Crippen molar-refractivity contribution in [2.75, 3.05) is 26.7 Å². The van der Waals surface area contributed by atoms with E-state index in [0.29, 0.717) is 13.1 Å². The van der Waals surface area contributed by atoms with Crippen LogP contribution in [0.25, 0.3) is 0 Å². The molecule has 0 spiro atoms. The van der Waals surface area contributed by atoms with Crippen molar-refractivity contribution >= 4 is 16.2 Å². The quantitative estimate of drug-likeness (QED) is 0.725. The van der Waals surface area contributed by atoms with Gasteiger partial charge in [0.2, 0.25) is 0 Å². The maximum atomic E-state index is 12.3. The lowest BCUT2D eigenvalue weighted by Gasteiger charge is -2.27. The van der Waals surface area contributed by atoms with Crippen LogP contribution in [0.4, 0.5) is 0 Å². The molecular formula is C10H20N2O5S. The summed E-state index contributed by atoms with van der Waals surface area (Å²) in [5, 5.41) is 9.11. The second-order valence-corrected chi connectivity index (χ2v) is 5.99. The highest BCUT2D eigenvalue weighted by Crippen LogP contribution is 2.25. The molecule has 1 saturated heterocycles. The molecule has 0 amide bonds. The molecule has 2 unspecified atom stereocenters. The molecule has 1 N–H and O–H groups in total. The summed E-state index contributed by atoms with van der Waals surface area (Å²) in [6, 6.07) is -1.04. The smallest absolute Gasteiger partial charge is 0.322 e. The Labute approximate surface area is 108 Å². The molecule has 2 atom stereocenters. The fourth-order valence-corrected chi connectivity index (χ4v) is 3.92. The zero-order valence-corrected chi connectivity index (χ0v) is 11.7. The van der Waals surface area contributed by atoms with E-state index in [1.807, 2.05) is 0 Å². The van der Waals surface area contributed by atoms with E-state index in [0.717, 1.165) is 4.31 Å². The lowest BCUT2D eigenvalue weighted by molar-refractivity contribution is -0.140. The van der Waals surface area contributed by atoms with E-state index in [9.17, 15) is 13.2 Å². The number of carbonyl (C=O) groups is 1. The largest absolute Gasteiger partial charge is 0.480 e. The average Bonchev–Trinajstić information content (AvgIpc) is 2.75. The molecule has 0 saturated carbocycles. The molecule has 0 radical (unpaired) electrons. The third-order valence-electron chi connectivity index (χ3n) is 3.16. The van der Waals surface area contributed by atoms with Gasteiger partial charge in [0.15, 0.2) is 0 Å². The standard InChI is InChI=1S/C10H20N2O5S/c1-4-11(5-2)18(15,16)12-7-8(17-3)6-9(12)10(13)14/h8-9H,4-7H2,1-3H3,(H,13,14). The molecule has 106 valence electrons. The van der Waals surface area contributed by atoms with Crippen molar-refractivity contribution in [3.05, 3.63) is 0 Å². The highest BCUT2D eigenvalue weighted by atomic mass is 32.2. The van der Waals surface area contributed by atoms with Crippen LogP contribution in [0.1, 0.15) is 20.3 Å². The fraction of sp³-hybridized carbons (Fsp3) is 0.900. The highest BCUT2D eigenvalue weighted by Gasteiger charge is 2.45. The summed E-state index contributed by atoms with van der Waals surface area (Å²) in [6.45, 7) is 4.17. The Morgan fingerprint density at radius 3 is 2.39 bits per heavy atom. The molecule has 0 aromatic carbocycles. The summed E-state index contributed by atoms with van der Waals surface area (Å²) < 4.78 is 32.0. The van der Waals surface area contributed by atoms with E-state index in [1.54, 1.807) is 13.8 Å². The number of carboxylic acids is 1. The number of methoxy groups -OCH3 is 1. The molecule has 0 aromatic rings. The van der Waals surface area contributed by atoms with Crippen molar-refractivity contribution in [1.29, 1.82) is 0 Å². The molecule has 0 bridgehead atoms. The molecule has 1 aliphatic rings. The van der Waals surface area contributed by atoms with Gasteiger partial charge in [0, 0.05) is 33.2 Å². The number of ether oxygens (including phenoxy) is 1. The first-order chi connectivity index (χ1) is 8.38. The van der Waals surface area contributed by atoms with E-state index >= 15 is 0 Å². The Hall–Kier alpha value is -0.700. The molecule has 1 rings (SSSR count). The molecule has 1 aliphatic heterocycles. The van der Waals surface area contributed by atoms with Crippen LogP contribution in [0.2, 0.25) is 0 Å². The van der Waals surface area contributed by atoms with E-state index in [2.05, 4.69) is 0 Å². The van der Waals surface area contributed by atoms with E-state index in [-0.39, 0.29) is 19.1 Å². The Morgan fingerprint density at radius 1 is 1.44 bits per heavy atom. The zero-order valence-electron chi connectivity index (χ0n) is 10.9. The van der Waals surface area contributed by atoms with Crippen LogP contribution >= 0.6 is 0 Å². The van der Waals surface area contributed by atoms with Gasteiger partial charge in [-0.2, -0.15) is 17.0 Å². The lowest BCUT2D eigenvalue weighted by Crippen LogP contribution is -2.48. The van der Waals surface area contributed by atoms with E-state index in [4.69, 9.17) is 9.84 Å². The summed E-state index contributed by atoms with van der Waals surface area (Å²) in [5.74, 6) is -1.13. The first kappa shape index (κ1) is 15.4. The van der Waals surface area contributed by atoms with Crippen LogP contribution in [0, 0.1) is 0 Å². The molecule has 1 fully saturated rings. The minimum atomic E-state index is -3.73. The summed E-state index contributed by atoms with van der Waals surface area (Å²) in [4.78, 5) is 11.1. The van der Waals surface area contributed by atoms with Crippen molar-refractivity contribution in [1.82, 2.24) is 8.61 Å². The van der Waals surface area contributed by atoms with Gasteiger partial charge in [-0.15, -0.1) is 0 Å². The van der Waals surface area contributed by atoms with E-state index < -0.39 is 22.2 Å². The van der Waals surface area contributed by atoms with Gasteiger partial charge in [-0.05, 0) is 0 Å². The molecule has 0 aliphatic carbocycles. The summed E-state index contributed by atoms with van der Waals surface area (Å²) in [5.41, 5.74) is 0.